The standard InChI is InChI=1S/C16H15ClN6O/c17-13-4-2-1-3-12(13)16(24)19-11-7-8-22(9-11)15-6-5-14-20-18-10-23(14)21-15/h1-6,10-11H,7-9H2,(H,19,24)/t11-/m1/s1. The summed E-state index contributed by atoms with van der Waals surface area (Å²) in [4.78, 5) is 14.5. The minimum absolute atomic E-state index is 0.0622. The molecule has 1 N–H and O–H groups in total. The Hall–Kier alpha value is -2.67. The number of nitrogens with one attached hydrogen (secondary N) is 1. The first kappa shape index (κ1) is 14.9. The van der Waals surface area contributed by atoms with Crippen molar-refractivity contribution >= 4 is 29.0 Å². The van der Waals surface area contributed by atoms with Gasteiger partial charge in [-0.05, 0) is 30.7 Å². The summed E-state index contributed by atoms with van der Waals surface area (Å²) in [7, 11) is 0. The van der Waals surface area contributed by atoms with Gasteiger partial charge >= 0.3 is 0 Å². The maximum atomic E-state index is 12.4. The quantitative estimate of drug-likeness (QED) is 0.785. The molecule has 122 valence electrons. The third-order valence-corrected chi connectivity index (χ3v) is 4.44. The number of hydrogen-bond donors (Lipinski definition) is 1. The van der Waals surface area contributed by atoms with Crippen LogP contribution in [0.5, 0.6) is 0 Å². The van der Waals surface area contributed by atoms with Gasteiger partial charge in [0.25, 0.3) is 5.91 Å². The van der Waals surface area contributed by atoms with Gasteiger partial charge in [0, 0.05) is 19.1 Å². The molecule has 1 saturated heterocycles. The van der Waals surface area contributed by atoms with Crippen LogP contribution in [0.2, 0.25) is 5.02 Å². The molecule has 0 saturated carbocycles. The molecular formula is C16H15ClN6O. The molecule has 24 heavy (non-hydrogen) atoms. The summed E-state index contributed by atoms with van der Waals surface area (Å²) in [6.45, 7) is 1.53. The van der Waals surface area contributed by atoms with E-state index >= 15 is 0 Å². The molecule has 0 spiro atoms. The average Bonchev–Trinajstić information content (AvgIpc) is 3.23. The highest BCUT2D eigenvalue weighted by molar-refractivity contribution is 6.33. The Morgan fingerprint density at radius 1 is 1.25 bits per heavy atom. The molecule has 0 unspecified atom stereocenters. The van der Waals surface area contributed by atoms with E-state index in [1.54, 1.807) is 29.0 Å². The fourth-order valence-corrected chi connectivity index (χ4v) is 3.10. The van der Waals surface area contributed by atoms with E-state index < -0.39 is 0 Å². The number of aromatic nitrogens is 4. The molecule has 1 aliphatic rings. The molecular weight excluding hydrogens is 328 g/mol. The molecule has 1 aliphatic heterocycles. The highest BCUT2D eigenvalue weighted by Crippen LogP contribution is 2.20. The van der Waals surface area contributed by atoms with E-state index in [0.29, 0.717) is 22.8 Å². The Bertz CT molecular complexity index is 895. The third-order valence-electron chi connectivity index (χ3n) is 4.11. The molecule has 0 radical (unpaired) electrons. The predicted molar refractivity (Wildman–Crippen MR) is 90.3 cm³/mol. The molecule has 2 aromatic heterocycles. The SMILES string of the molecule is O=C(N[C@@H]1CCN(c2ccc3nncn3n2)C1)c1ccccc1Cl. The Balaban J connectivity index is 1.44. The van der Waals surface area contributed by atoms with Crippen LogP contribution in [0.15, 0.2) is 42.7 Å². The van der Waals surface area contributed by atoms with Crippen molar-refractivity contribution in [2.75, 3.05) is 18.0 Å². The summed E-state index contributed by atoms with van der Waals surface area (Å²) in [5.41, 5.74) is 1.21. The van der Waals surface area contributed by atoms with Crippen molar-refractivity contribution in [3.8, 4) is 0 Å². The van der Waals surface area contributed by atoms with E-state index in [-0.39, 0.29) is 11.9 Å². The lowest BCUT2D eigenvalue weighted by Crippen LogP contribution is -2.37. The van der Waals surface area contributed by atoms with Gasteiger partial charge in [0.15, 0.2) is 5.65 Å². The number of nitrogens with zero attached hydrogens (tertiary/aromatic N) is 5. The first-order valence-corrected chi connectivity index (χ1v) is 8.06. The summed E-state index contributed by atoms with van der Waals surface area (Å²) in [5.74, 6) is 0.700. The zero-order chi connectivity index (χ0) is 16.5. The monoisotopic (exact) mass is 342 g/mol. The van der Waals surface area contributed by atoms with E-state index in [1.165, 1.54) is 0 Å². The summed E-state index contributed by atoms with van der Waals surface area (Å²) >= 11 is 6.08. The van der Waals surface area contributed by atoms with Crippen LogP contribution in [0.3, 0.4) is 0 Å². The maximum Gasteiger partial charge on any atom is 0.253 e. The van der Waals surface area contributed by atoms with Crippen molar-refractivity contribution in [1.29, 1.82) is 0 Å². The van der Waals surface area contributed by atoms with Gasteiger partial charge in [-0.2, -0.15) is 4.52 Å². The molecule has 1 atom stereocenters. The normalized spacial score (nSPS) is 17.4. The van der Waals surface area contributed by atoms with Crippen molar-refractivity contribution in [3.05, 3.63) is 53.3 Å². The fraction of sp³-hybridized carbons (Fsp3) is 0.250. The number of rotatable bonds is 3. The first-order chi connectivity index (χ1) is 11.7. The number of halogens is 1. The van der Waals surface area contributed by atoms with Gasteiger partial charge in [0.2, 0.25) is 0 Å². The molecule has 1 aromatic carbocycles. The average molecular weight is 343 g/mol. The number of carbonyl (C=O) groups excluding carboxylic acids is 1. The van der Waals surface area contributed by atoms with Crippen molar-refractivity contribution in [1.82, 2.24) is 25.1 Å². The van der Waals surface area contributed by atoms with Crippen LogP contribution < -0.4 is 10.2 Å². The Kier molecular flexibility index (Phi) is 3.78. The number of benzene rings is 1. The lowest BCUT2D eigenvalue weighted by atomic mass is 10.2. The highest BCUT2D eigenvalue weighted by atomic mass is 35.5. The van der Waals surface area contributed by atoms with Gasteiger partial charge in [-0.25, -0.2) is 0 Å². The van der Waals surface area contributed by atoms with Crippen molar-refractivity contribution in [2.45, 2.75) is 12.5 Å². The minimum atomic E-state index is -0.144. The lowest BCUT2D eigenvalue weighted by Gasteiger charge is -2.18. The molecule has 0 bridgehead atoms. The molecule has 1 fully saturated rings. The summed E-state index contributed by atoms with van der Waals surface area (Å²) in [6.07, 6.45) is 2.43. The summed E-state index contributed by atoms with van der Waals surface area (Å²) < 4.78 is 1.64. The van der Waals surface area contributed by atoms with E-state index in [4.69, 9.17) is 11.6 Å². The second-order valence-corrected chi connectivity index (χ2v) is 6.12. The number of carbonyl (C=O) groups is 1. The topological polar surface area (TPSA) is 75.4 Å². The van der Waals surface area contributed by atoms with Gasteiger partial charge in [-0.15, -0.1) is 15.3 Å². The van der Waals surface area contributed by atoms with Gasteiger partial charge in [0.05, 0.1) is 10.6 Å². The van der Waals surface area contributed by atoms with Crippen LogP contribution in [0, 0.1) is 0 Å². The predicted octanol–water partition coefficient (Wildman–Crippen LogP) is 1.79. The van der Waals surface area contributed by atoms with Crippen LogP contribution in [-0.2, 0) is 0 Å². The Morgan fingerprint density at radius 2 is 2.12 bits per heavy atom. The van der Waals surface area contributed by atoms with Gasteiger partial charge in [-0.1, -0.05) is 23.7 Å². The Labute approximate surface area is 143 Å². The molecule has 4 rings (SSSR count). The zero-order valence-electron chi connectivity index (χ0n) is 12.8. The summed E-state index contributed by atoms with van der Waals surface area (Å²) in [5, 5.41) is 15.8. The van der Waals surface area contributed by atoms with Crippen LogP contribution >= 0.6 is 11.6 Å². The molecule has 7 nitrogen and oxygen atoms in total. The van der Waals surface area contributed by atoms with E-state index in [1.807, 2.05) is 18.2 Å². The first-order valence-electron chi connectivity index (χ1n) is 7.68. The number of anilines is 1. The van der Waals surface area contributed by atoms with Crippen LogP contribution in [-0.4, -0.2) is 44.8 Å². The summed E-state index contributed by atoms with van der Waals surface area (Å²) in [6, 6.07) is 10.9. The van der Waals surface area contributed by atoms with E-state index in [0.717, 1.165) is 18.8 Å². The van der Waals surface area contributed by atoms with E-state index in [9.17, 15) is 4.79 Å². The molecule has 0 aliphatic carbocycles. The Morgan fingerprint density at radius 3 is 3.00 bits per heavy atom. The van der Waals surface area contributed by atoms with E-state index in [2.05, 4.69) is 25.5 Å². The second-order valence-electron chi connectivity index (χ2n) is 5.71. The number of hydrogen-bond acceptors (Lipinski definition) is 5. The number of amides is 1. The van der Waals surface area contributed by atoms with Crippen LogP contribution in [0.25, 0.3) is 5.65 Å². The lowest BCUT2D eigenvalue weighted by molar-refractivity contribution is 0.0940. The zero-order valence-corrected chi connectivity index (χ0v) is 13.5. The van der Waals surface area contributed by atoms with Crippen molar-refractivity contribution in [2.24, 2.45) is 0 Å². The molecule has 1 amide bonds. The minimum Gasteiger partial charge on any atom is -0.353 e. The smallest absolute Gasteiger partial charge is 0.253 e. The third kappa shape index (κ3) is 2.78. The fourth-order valence-electron chi connectivity index (χ4n) is 2.88. The molecule has 3 heterocycles. The van der Waals surface area contributed by atoms with Gasteiger partial charge in [-0.3, -0.25) is 4.79 Å². The van der Waals surface area contributed by atoms with Gasteiger partial charge in [0.1, 0.15) is 12.1 Å². The largest absolute Gasteiger partial charge is 0.353 e. The molecule has 8 heteroatoms. The number of fused-ring (bicyclic) bond motifs is 1. The second kappa shape index (κ2) is 6.09. The maximum absolute atomic E-state index is 12.4. The van der Waals surface area contributed by atoms with Gasteiger partial charge < -0.3 is 10.2 Å². The van der Waals surface area contributed by atoms with Crippen LogP contribution in [0.4, 0.5) is 5.82 Å². The van der Waals surface area contributed by atoms with Crippen LogP contribution in [0.1, 0.15) is 16.8 Å². The van der Waals surface area contributed by atoms with Crippen molar-refractivity contribution in [3.63, 3.8) is 0 Å². The van der Waals surface area contributed by atoms with Crippen molar-refractivity contribution < 1.29 is 4.79 Å². The molecule has 3 aromatic rings. The highest BCUT2D eigenvalue weighted by Gasteiger charge is 2.26.